The number of aliphatic hydroxyl groups excluding tert-OH is 1. The maximum atomic E-state index is 13.5. The maximum Gasteiger partial charge on any atom is 0.211 e. The van der Waals surface area contributed by atoms with Crippen molar-refractivity contribution in [1.29, 1.82) is 0 Å². The Bertz CT molecular complexity index is 626. The largest absolute Gasteiger partial charge is 0.389 e. The van der Waals surface area contributed by atoms with Crippen LogP contribution >= 0.6 is 0 Å². The summed E-state index contributed by atoms with van der Waals surface area (Å²) in [5.74, 6) is -0.319. The Morgan fingerprint density at radius 2 is 2.00 bits per heavy atom. The molecule has 136 valence electrons. The van der Waals surface area contributed by atoms with Gasteiger partial charge in [-0.2, -0.15) is 0 Å². The number of ether oxygens (including phenoxy) is 1. The molecular weight excluding hydrogens is 335 g/mol. The van der Waals surface area contributed by atoms with Crippen LogP contribution in [0.3, 0.4) is 0 Å². The molecule has 0 amide bonds. The lowest BCUT2D eigenvalue weighted by Gasteiger charge is -2.23. The number of sulfonamides is 1. The Balaban J connectivity index is 1.72. The van der Waals surface area contributed by atoms with Gasteiger partial charge in [-0.05, 0) is 19.0 Å². The van der Waals surface area contributed by atoms with E-state index in [9.17, 15) is 17.9 Å². The van der Waals surface area contributed by atoms with E-state index in [0.717, 1.165) is 13.0 Å². The second kappa shape index (κ2) is 8.87. The highest BCUT2D eigenvalue weighted by Gasteiger charge is 2.22. The van der Waals surface area contributed by atoms with E-state index in [0.29, 0.717) is 31.7 Å². The molecule has 0 aromatic heterocycles. The number of hydrogen-bond acceptors (Lipinski definition) is 5. The predicted octanol–water partition coefficient (Wildman–Crippen LogP) is 0.671. The Labute approximate surface area is 142 Å². The van der Waals surface area contributed by atoms with Gasteiger partial charge in [0.15, 0.2) is 0 Å². The highest BCUT2D eigenvalue weighted by atomic mass is 32.2. The predicted molar refractivity (Wildman–Crippen MR) is 89.5 cm³/mol. The van der Waals surface area contributed by atoms with E-state index in [1.807, 2.05) is 4.90 Å². The molecule has 0 aliphatic carbocycles. The molecule has 1 unspecified atom stereocenters. The molecule has 1 saturated heterocycles. The molecule has 1 aliphatic heterocycles. The lowest BCUT2D eigenvalue weighted by atomic mass is 10.2. The van der Waals surface area contributed by atoms with Gasteiger partial charge in [0.05, 0.1) is 25.6 Å². The van der Waals surface area contributed by atoms with E-state index >= 15 is 0 Å². The summed E-state index contributed by atoms with van der Waals surface area (Å²) in [6, 6.07) is 6.38. The van der Waals surface area contributed by atoms with Gasteiger partial charge in [-0.15, -0.1) is 0 Å². The smallest absolute Gasteiger partial charge is 0.211 e. The summed E-state index contributed by atoms with van der Waals surface area (Å²) >= 11 is 0. The number of hydrogen-bond donors (Lipinski definition) is 1. The van der Waals surface area contributed by atoms with Crippen molar-refractivity contribution < 1.29 is 22.7 Å². The highest BCUT2D eigenvalue weighted by Crippen LogP contribution is 2.09. The van der Waals surface area contributed by atoms with E-state index in [4.69, 9.17) is 4.74 Å². The number of halogens is 1. The zero-order valence-electron chi connectivity index (χ0n) is 13.9. The minimum absolute atomic E-state index is 0.112. The number of aliphatic hydroxyl groups is 1. The van der Waals surface area contributed by atoms with Gasteiger partial charge in [0.2, 0.25) is 10.0 Å². The van der Waals surface area contributed by atoms with Crippen molar-refractivity contribution in [2.45, 2.75) is 19.1 Å². The fraction of sp³-hybridized carbons (Fsp3) is 0.625. The van der Waals surface area contributed by atoms with Crippen LogP contribution in [0.1, 0.15) is 12.0 Å². The van der Waals surface area contributed by atoms with Crippen LogP contribution in [-0.4, -0.2) is 74.4 Å². The van der Waals surface area contributed by atoms with Gasteiger partial charge >= 0.3 is 0 Å². The van der Waals surface area contributed by atoms with Gasteiger partial charge in [0.1, 0.15) is 5.82 Å². The molecule has 2 rings (SSSR count). The second-order valence-electron chi connectivity index (χ2n) is 6.08. The molecule has 6 nitrogen and oxygen atoms in total. The fourth-order valence-corrected chi connectivity index (χ4v) is 3.61. The van der Waals surface area contributed by atoms with Crippen molar-refractivity contribution in [1.82, 2.24) is 9.21 Å². The van der Waals surface area contributed by atoms with E-state index in [2.05, 4.69) is 0 Å². The van der Waals surface area contributed by atoms with Crippen LogP contribution in [-0.2, 0) is 21.4 Å². The van der Waals surface area contributed by atoms with Crippen molar-refractivity contribution >= 4 is 10.0 Å². The Kier molecular flexibility index (Phi) is 7.12. The van der Waals surface area contributed by atoms with Crippen LogP contribution in [0.15, 0.2) is 24.3 Å². The first-order valence-electron chi connectivity index (χ1n) is 8.03. The summed E-state index contributed by atoms with van der Waals surface area (Å²) in [6.07, 6.45) is 1.26. The Morgan fingerprint density at radius 3 is 2.71 bits per heavy atom. The van der Waals surface area contributed by atoms with E-state index in [-0.39, 0.29) is 19.0 Å². The van der Waals surface area contributed by atoms with E-state index in [1.54, 1.807) is 18.2 Å². The van der Waals surface area contributed by atoms with Crippen LogP contribution in [0.2, 0.25) is 0 Å². The molecule has 1 aromatic rings. The van der Waals surface area contributed by atoms with Crippen LogP contribution in [0.4, 0.5) is 4.39 Å². The van der Waals surface area contributed by atoms with Crippen LogP contribution < -0.4 is 0 Å². The summed E-state index contributed by atoms with van der Waals surface area (Å²) < 4.78 is 43.5. The molecule has 1 N–H and O–H groups in total. The van der Waals surface area contributed by atoms with Crippen molar-refractivity contribution in [2.24, 2.45) is 0 Å². The van der Waals surface area contributed by atoms with Crippen LogP contribution in [0.5, 0.6) is 0 Å². The van der Waals surface area contributed by atoms with E-state index in [1.165, 1.54) is 16.6 Å². The summed E-state index contributed by atoms with van der Waals surface area (Å²) in [5.41, 5.74) is 0.461. The molecule has 8 heteroatoms. The lowest BCUT2D eigenvalue weighted by Crippen LogP contribution is -2.38. The van der Waals surface area contributed by atoms with Gasteiger partial charge in [-0.1, -0.05) is 18.2 Å². The molecular formula is C16H25FN2O4S. The highest BCUT2D eigenvalue weighted by molar-refractivity contribution is 7.88. The van der Waals surface area contributed by atoms with Gasteiger partial charge in [0.25, 0.3) is 0 Å². The normalized spacial score (nSPS) is 19.1. The molecule has 0 spiro atoms. The van der Waals surface area contributed by atoms with Crippen molar-refractivity contribution in [3.05, 3.63) is 35.6 Å². The number of benzene rings is 1. The number of nitrogens with zero attached hydrogens (tertiary/aromatic N) is 2. The Morgan fingerprint density at radius 1 is 1.25 bits per heavy atom. The quantitative estimate of drug-likeness (QED) is 0.774. The minimum atomic E-state index is -3.17. The molecule has 1 aliphatic rings. The third kappa shape index (κ3) is 6.10. The summed E-state index contributed by atoms with van der Waals surface area (Å²) in [5, 5.41) is 10.1. The van der Waals surface area contributed by atoms with Crippen molar-refractivity contribution in [2.75, 3.05) is 45.6 Å². The minimum Gasteiger partial charge on any atom is -0.389 e. The maximum absolute atomic E-state index is 13.5. The molecule has 1 atom stereocenters. The molecule has 1 heterocycles. The van der Waals surface area contributed by atoms with Gasteiger partial charge in [-0.25, -0.2) is 17.1 Å². The molecule has 0 radical (unpaired) electrons. The topological polar surface area (TPSA) is 70.1 Å². The van der Waals surface area contributed by atoms with Gasteiger partial charge in [0, 0.05) is 31.7 Å². The summed E-state index contributed by atoms with van der Waals surface area (Å²) in [6.45, 7) is 2.89. The monoisotopic (exact) mass is 360 g/mol. The zero-order chi connectivity index (χ0) is 17.6. The van der Waals surface area contributed by atoms with Crippen LogP contribution in [0.25, 0.3) is 0 Å². The number of β-amino-alcohol motifs (C(OH)–C–C–N with tert-alkyl or cyclic N) is 1. The Hall–Kier alpha value is -1.06. The average Bonchev–Trinajstić information content (AvgIpc) is 2.74. The van der Waals surface area contributed by atoms with Crippen LogP contribution in [0, 0.1) is 5.82 Å². The SMILES string of the molecule is CS(=O)(=O)N1CCCN(CC(O)COCc2ccccc2F)CC1. The van der Waals surface area contributed by atoms with Gasteiger partial charge < -0.3 is 9.84 Å². The van der Waals surface area contributed by atoms with Crippen molar-refractivity contribution in [3.63, 3.8) is 0 Å². The van der Waals surface area contributed by atoms with Crippen molar-refractivity contribution in [3.8, 4) is 0 Å². The average molecular weight is 360 g/mol. The zero-order valence-corrected chi connectivity index (χ0v) is 14.7. The molecule has 1 aromatic carbocycles. The summed E-state index contributed by atoms with van der Waals surface area (Å²) in [7, 11) is -3.17. The third-order valence-electron chi connectivity index (χ3n) is 4.01. The fourth-order valence-electron chi connectivity index (χ4n) is 2.73. The number of rotatable bonds is 7. The molecule has 1 fully saturated rings. The molecule has 0 saturated carbocycles. The first-order valence-corrected chi connectivity index (χ1v) is 9.88. The van der Waals surface area contributed by atoms with E-state index < -0.39 is 16.1 Å². The first-order chi connectivity index (χ1) is 11.4. The lowest BCUT2D eigenvalue weighted by molar-refractivity contribution is 0.00994. The molecule has 0 bridgehead atoms. The standard InChI is InChI=1S/C16H25FN2O4S/c1-24(21,22)19-8-4-7-18(9-10-19)11-15(20)13-23-12-14-5-2-3-6-16(14)17/h2-3,5-6,15,20H,4,7-13H2,1H3. The second-order valence-corrected chi connectivity index (χ2v) is 8.06. The summed E-state index contributed by atoms with van der Waals surface area (Å²) in [4.78, 5) is 2.03. The molecule has 24 heavy (non-hydrogen) atoms. The third-order valence-corrected chi connectivity index (χ3v) is 5.31. The van der Waals surface area contributed by atoms with Gasteiger partial charge in [-0.3, -0.25) is 4.90 Å². The first kappa shape index (κ1) is 19.3.